The number of piperidine rings is 1. The van der Waals surface area contributed by atoms with Crippen LogP contribution in [0.5, 0.6) is 0 Å². The Morgan fingerprint density at radius 1 is 1.23 bits per heavy atom. The number of amides is 1. The number of nitrogens with zero attached hydrogens (tertiary/aromatic N) is 1. The van der Waals surface area contributed by atoms with E-state index in [1.807, 2.05) is 0 Å². The topological polar surface area (TPSA) is 78.9 Å². The third-order valence-electron chi connectivity index (χ3n) is 6.02. The summed E-state index contributed by atoms with van der Waals surface area (Å²) in [4.78, 5) is 25.2. The lowest BCUT2D eigenvalue weighted by Crippen LogP contribution is -2.46. The lowest BCUT2D eigenvalue weighted by Gasteiger charge is -2.39. The lowest BCUT2D eigenvalue weighted by molar-refractivity contribution is -0.192. The summed E-state index contributed by atoms with van der Waals surface area (Å²) in [5.41, 5.74) is -0.0180. The highest BCUT2D eigenvalue weighted by atomic mass is 32.1. The zero-order valence-electron chi connectivity index (χ0n) is 17.3. The molecule has 1 aromatic rings. The van der Waals surface area contributed by atoms with Gasteiger partial charge in [-0.2, -0.15) is 13.2 Å². The maximum absolute atomic E-state index is 12.4. The van der Waals surface area contributed by atoms with E-state index in [1.54, 1.807) is 11.3 Å². The van der Waals surface area contributed by atoms with E-state index in [0.29, 0.717) is 6.54 Å². The van der Waals surface area contributed by atoms with E-state index < -0.39 is 12.1 Å². The van der Waals surface area contributed by atoms with Crippen LogP contribution in [-0.4, -0.2) is 65.9 Å². The van der Waals surface area contributed by atoms with Gasteiger partial charge >= 0.3 is 12.1 Å². The molecule has 31 heavy (non-hydrogen) atoms. The van der Waals surface area contributed by atoms with Crippen LogP contribution in [0.15, 0.2) is 17.5 Å². The van der Waals surface area contributed by atoms with E-state index in [9.17, 15) is 18.0 Å². The standard InChI is InChI=1S/C19H28N2O2S.C2HF3O2/c22-18(20-10-6-16-2-1-13-24-16)17-5-7-19(23-17)8-11-21(12-9-19)14-15-3-4-15;3-2(4,5)1(6)7/h1-2,13,15,17H,3-12,14H2,(H,20,22);(H,6,7). The van der Waals surface area contributed by atoms with Gasteiger partial charge in [0, 0.05) is 31.1 Å². The second-order valence-electron chi connectivity index (χ2n) is 8.50. The molecular weight excluding hydrogens is 433 g/mol. The Balaban J connectivity index is 0.000000339. The number of thiophene rings is 1. The third kappa shape index (κ3) is 7.47. The molecule has 0 aromatic carbocycles. The van der Waals surface area contributed by atoms with Crippen LogP contribution in [0.4, 0.5) is 13.2 Å². The number of aliphatic carboxylic acids is 1. The molecule has 1 spiro atoms. The van der Waals surface area contributed by atoms with Gasteiger partial charge in [-0.1, -0.05) is 6.07 Å². The van der Waals surface area contributed by atoms with Gasteiger partial charge in [0.2, 0.25) is 5.91 Å². The van der Waals surface area contributed by atoms with Crippen LogP contribution in [0.2, 0.25) is 0 Å². The van der Waals surface area contributed by atoms with Crippen LogP contribution in [0.3, 0.4) is 0 Å². The summed E-state index contributed by atoms with van der Waals surface area (Å²) in [6, 6.07) is 4.18. The monoisotopic (exact) mass is 462 g/mol. The van der Waals surface area contributed by atoms with E-state index >= 15 is 0 Å². The number of halogens is 3. The van der Waals surface area contributed by atoms with E-state index in [4.69, 9.17) is 14.6 Å². The van der Waals surface area contributed by atoms with Crippen molar-refractivity contribution in [1.82, 2.24) is 10.2 Å². The van der Waals surface area contributed by atoms with Crippen LogP contribution >= 0.6 is 11.3 Å². The number of hydrogen-bond acceptors (Lipinski definition) is 5. The van der Waals surface area contributed by atoms with Crippen molar-refractivity contribution in [3.63, 3.8) is 0 Å². The molecule has 10 heteroatoms. The Bertz CT molecular complexity index is 729. The molecule has 4 rings (SSSR count). The van der Waals surface area contributed by atoms with Crippen LogP contribution in [0.25, 0.3) is 0 Å². The molecule has 1 saturated carbocycles. The average Bonchev–Trinajstić information content (AvgIpc) is 3.21. The summed E-state index contributed by atoms with van der Waals surface area (Å²) < 4.78 is 38.0. The SMILES string of the molecule is O=C(NCCc1cccs1)C1CCC2(CCN(CC3CC3)CC2)O1.O=C(O)C(F)(F)F. The largest absolute Gasteiger partial charge is 0.490 e. The van der Waals surface area contributed by atoms with E-state index in [-0.39, 0.29) is 17.6 Å². The molecule has 3 heterocycles. The molecule has 1 atom stereocenters. The van der Waals surface area contributed by atoms with Gasteiger partial charge in [0.15, 0.2) is 0 Å². The first-order valence-corrected chi connectivity index (χ1v) is 11.6. The molecule has 2 saturated heterocycles. The quantitative estimate of drug-likeness (QED) is 0.677. The normalized spacial score (nSPS) is 23.3. The maximum atomic E-state index is 12.4. The predicted molar refractivity (Wildman–Crippen MR) is 110 cm³/mol. The van der Waals surface area contributed by atoms with Gasteiger partial charge in [-0.05, 0) is 62.3 Å². The van der Waals surface area contributed by atoms with E-state index in [1.165, 1.54) is 24.3 Å². The minimum Gasteiger partial charge on any atom is -0.475 e. The summed E-state index contributed by atoms with van der Waals surface area (Å²) in [6.45, 7) is 4.27. The van der Waals surface area contributed by atoms with Gasteiger partial charge in [0.05, 0.1) is 5.60 Å². The van der Waals surface area contributed by atoms with Crippen molar-refractivity contribution in [2.75, 3.05) is 26.2 Å². The summed E-state index contributed by atoms with van der Waals surface area (Å²) in [7, 11) is 0. The molecule has 0 bridgehead atoms. The minimum absolute atomic E-state index is 0.0180. The Labute approximate surface area is 183 Å². The Kier molecular flexibility index (Phi) is 7.98. The Morgan fingerprint density at radius 3 is 2.45 bits per heavy atom. The number of rotatable bonds is 6. The van der Waals surface area contributed by atoms with Gasteiger partial charge < -0.3 is 20.1 Å². The summed E-state index contributed by atoms with van der Waals surface area (Å²) in [5, 5.41) is 12.3. The smallest absolute Gasteiger partial charge is 0.475 e. The van der Waals surface area contributed by atoms with Crippen molar-refractivity contribution in [1.29, 1.82) is 0 Å². The highest BCUT2D eigenvalue weighted by Crippen LogP contribution is 2.40. The Morgan fingerprint density at radius 2 is 1.90 bits per heavy atom. The molecule has 3 fully saturated rings. The van der Waals surface area contributed by atoms with Gasteiger partial charge in [-0.3, -0.25) is 4.79 Å². The number of carbonyl (C=O) groups is 2. The summed E-state index contributed by atoms with van der Waals surface area (Å²) in [5.74, 6) is -1.71. The molecule has 1 unspecified atom stereocenters. The van der Waals surface area contributed by atoms with Crippen LogP contribution < -0.4 is 5.32 Å². The van der Waals surface area contributed by atoms with Crippen molar-refractivity contribution >= 4 is 23.2 Å². The predicted octanol–water partition coefficient (Wildman–Crippen LogP) is 3.46. The molecule has 3 aliphatic rings. The van der Waals surface area contributed by atoms with E-state index in [2.05, 4.69) is 27.7 Å². The average molecular weight is 463 g/mol. The van der Waals surface area contributed by atoms with Crippen molar-refractivity contribution in [3.05, 3.63) is 22.4 Å². The zero-order chi connectivity index (χ0) is 22.5. The second kappa shape index (κ2) is 10.3. The molecule has 2 aliphatic heterocycles. The highest BCUT2D eigenvalue weighted by Gasteiger charge is 2.45. The number of carboxylic acid groups (broad SMARTS) is 1. The molecule has 0 radical (unpaired) electrons. The van der Waals surface area contributed by atoms with Crippen molar-refractivity contribution in [2.45, 2.75) is 62.8 Å². The fourth-order valence-electron chi connectivity index (χ4n) is 4.05. The first-order chi connectivity index (χ1) is 14.7. The first-order valence-electron chi connectivity index (χ1n) is 10.7. The van der Waals surface area contributed by atoms with Gasteiger partial charge in [-0.25, -0.2) is 4.79 Å². The maximum Gasteiger partial charge on any atom is 0.490 e. The Hall–Kier alpha value is -1.65. The second-order valence-corrected chi connectivity index (χ2v) is 9.53. The third-order valence-corrected chi connectivity index (χ3v) is 6.96. The van der Waals surface area contributed by atoms with Crippen LogP contribution in [-0.2, 0) is 20.7 Å². The van der Waals surface area contributed by atoms with Gasteiger partial charge in [0.1, 0.15) is 6.10 Å². The number of carboxylic acids is 1. The van der Waals surface area contributed by atoms with Crippen LogP contribution in [0, 0.1) is 5.92 Å². The molecular formula is C21H29F3N2O4S. The van der Waals surface area contributed by atoms with E-state index in [0.717, 1.165) is 51.1 Å². The van der Waals surface area contributed by atoms with Crippen molar-refractivity contribution in [3.8, 4) is 0 Å². The molecule has 1 aromatic heterocycles. The zero-order valence-corrected chi connectivity index (χ0v) is 18.1. The number of likely N-dealkylation sites (tertiary alicyclic amines) is 1. The fraction of sp³-hybridized carbons (Fsp3) is 0.714. The van der Waals surface area contributed by atoms with Crippen LogP contribution in [0.1, 0.15) is 43.4 Å². The highest BCUT2D eigenvalue weighted by molar-refractivity contribution is 7.09. The molecule has 1 aliphatic carbocycles. The number of nitrogens with one attached hydrogen (secondary N) is 1. The molecule has 2 N–H and O–H groups in total. The number of hydrogen-bond donors (Lipinski definition) is 2. The molecule has 174 valence electrons. The first kappa shape index (κ1) is 24.0. The minimum atomic E-state index is -5.08. The number of ether oxygens (including phenoxy) is 1. The lowest BCUT2D eigenvalue weighted by atomic mass is 9.88. The summed E-state index contributed by atoms with van der Waals surface area (Å²) >= 11 is 1.75. The van der Waals surface area contributed by atoms with Crippen molar-refractivity contribution < 1.29 is 32.6 Å². The molecule has 1 amide bonds. The summed E-state index contributed by atoms with van der Waals surface area (Å²) in [6.07, 6.45) is 2.57. The van der Waals surface area contributed by atoms with Gasteiger partial charge in [0.25, 0.3) is 0 Å². The number of alkyl halides is 3. The molecule has 6 nitrogen and oxygen atoms in total. The number of carbonyl (C=O) groups excluding carboxylic acids is 1. The van der Waals surface area contributed by atoms with Gasteiger partial charge in [-0.15, -0.1) is 11.3 Å². The van der Waals surface area contributed by atoms with Crippen molar-refractivity contribution in [2.24, 2.45) is 5.92 Å². The fourth-order valence-corrected chi connectivity index (χ4v) is 4.76.